The summed E-state index contributed by atoms with van der Waals surface area (Å²) in [5.41, 5.74) is 0. The molecule has 0 heterocycles. The number of carbonyl (C=O) groups is 4. The summed E-state index contributed by atoms with van der Waals surface area (Å²) in [6, 6.07) is 0. The molecule has 0 amide bonds. The number of methoxy groups -OCH3 is 2. The first-order valence-electron chi connectivity index (χ1n) is 5.06. The number of ketones is 2. The molecule has 0 radical (unpaired) electrons. The van der Waals surface area contributed by atoms with Gasteiger partial charge in [-0.2, -0.15) is 0 Å². The molecule has 6 heteroatoms. The maximum atomic E-state index is 11.7. The standard InChI is InChI=1S/C11H16O6/c1-6(2)10(14)9(11(15)17-4)7(12)5-8(13)16-3/h6,9H,5H2,1-4H3. The molecule has 1 atom stereocenters. The van der Waals surface area contributed by atoms with Crippen LogP contribution in [-0.4, -0.2) is 37.7 Å². The summed E-state index contributed by atoms with van der Waals surface area (Å²) in [7, 11) is 2.20. The smallest absolute Gasteiger partial charge is 0.323 e. The zero-order valence-electron chi connectivity index (χ0n) is 10.3. The van der Waals surface area contributed by atoms with Crippen LogP contribution >= 0.6 is 0 Å². The van der Waals surface area contributed by atoms with Crippen LogP contribution in [0.1, 0.15) is 20.3 Å². The molecule has 0 N–H and O–H groups in total. The van der Waals surface area contributed by atoms with Crippen molar-refractivity contribution in [2.45, 2.75) is 20.3 Å². The molecule has 0 aliphatic rings. The first kappa shape index (κ1) is 15.3. The zero-order valence-corrected chi connectivity index (χ0v) is 10.3. The number of hydrogen-bond acceptors (Lipinski definition) is 6. The minimum absolute atomic E-state index is 0.499. The van der Waals surface area contributed by atoms with Crippen LogP contribution in [0, 0.1) is 11.8 Å². The summed E-state index contributed by atoms with van der Waals surface area (Å²) in [5.74, 6) is -5.15. The van der Waals surface area contributed by atoms with Gasteiger partial charge < -0.3 is 9.47 Å². The summed E-state index contributed by atoms with van der Waals surface area (Å²) >= 11 is 0. The number of carbonyl (C=O) groups excluding carboxylic acids is 4. The molecule has 0 saturated heterocycles. The maximum Gasteiger partial charge on any atom is 0.323 e. The molecule has 0 aromatic carbocycles. The molecule has 0 aromatic rings. The molecule has 1 unspecified atom stereocenters. The predicted molar refractivity (Wildman–Crippen MR) is 57.0 cm³/mol. The van der Waals surface area contributed by atoms with Gasteiger partial charge in [0, 0.05) is 5.92 Å². The van der Waals surface area contributed by atoms with Gasteiger partial charge in [0.2, 0.25) is 0 Å². The summed E-state index contributed by atoms with van der Waals surface area (Å²) in [4.78, 5) is 45.6. The number of ether oxygens (including phenoxy) is 2. The van der Waals surface area contributed by atoms with Crippen molar-refractivity contribution in [3.8, 4) is 0 Å². The fourth-order valence-corrected chi connectivity index (χ4v) is 1.17. The highest BCUT2D eigenvalue weighted by Crippen LogP contribution is 2.12. The van der Waals surface area contributed by atoms with E-state index in [0.717, 1.165) is 14.2 Å². The molecule has 0 rings (SSSR count). The lowest BCUT2D eigenvalue weighted by Gasteiger charge is -2.13. The van der Waals surface area contributed by atoms with Gasteiger partial charge in [-0.25, -0.2) is 0 Å². The van der Waals surface area contributed by atoms with E-state index in [0.29, 0.717) is 0 Å². The second kappa shape index (κ2) is 6.78. The summed E-state index contributed by atoms with van der Waals surface area (Å²) in [6.45, 7) is 3.12. The summed E-state index contributed by atoms with van der Waals surface area (Å²) in [5, 5.41) is 0. The van der Waals surface area contributed by atoms with Gasteiger partial charge >= 0.3 is 11.9 Å². The highest BCUT2D eigenvalue weighted by molar-refractivity contribution is 6.20. The third-order valence-corrected chi connectivity index (χ3v) is 2.16. The molecular formula is C11H16O6. The number of esters is 2. The third-order valence-electron chi connectivity index (χ3n) is 2.16. The van der Waals surface area contributed by atoms with E-state index < -0.39 is 41.8 Å². The maximum absolute atomic E-state index is 11.7. The van der Waals surface area contributed by atoms with Gasteiger partial charge in [0.25, 0.3) is 0 Å². The second-order valence-electron chi connectivity index (χ2n) is 3.73. The van der Waals surface area contributed by atoms with Crippen molar-refractivity contribution in [3.05, 3.63) is 0 Å². The van der Waals surface area contributed by atoms with Gasteiger partial charge in [0.1, 0.15) is 6.42 Å². The normalized spacial score (nSPS) is 11.8. The molecule has 0 fully saturated rings. The van der Waals surface area contributed by atoms with Crippen molar-refractivity contribution < 1.29 is 28.7 Å². The Kier molecular flexibility index (Phi) is 6.09. The zero-order chi connectivity index (χ0) is 13.6. The van der Waals surface area contributed by atoms with E-state index in [2.05, 4.69) is 9.47 Å². The lowest BCUT2D eigenvalue weighted by Crippen LogP contribution is -2.36. The van der Waals surface area contributed by atoms with Crippen LogP contribution in [-0.2, 0) is 28.7 Å². The van der Waals surface area contributed by atoms with Gasteiger partial charge in [-0.05, 0) is 0 Å². The second-order valence-corrected chi connectivity index (χ2v) is 3.73. The monoisotopic (exact) mass is 244 g/mol. The average Bonchev–Trinajstić information content (AvgIpc) is 2.28. The Morgan fingerprint density at radius 3 is 1.88 bits per heavy atom. The van der Waals surface area contributed by atoms with E-state index in [9.17, 15) is 19.2 Å². The lowest BCUT2D eigenvalue weighted by molar-refractivity contribution is -0.155. The Morgan fingerprint density at radius 2 is 1.53 bits per heavy atom. The van der Waals surface area contributed by atoms with Gasteiger partial charge in [-0.1, -0.05) is 13.8 Å². The SMILES string of the molecule is COC(=O)CC(=O)C(C(=O)OC)C(=O)C(C)C. The Hall–Kier alpha value is -1.72. The molecule has 0 saturated carbocycles. The van der Waals surface area contributed by atoms with Crippen molar-refractivity contribution in [2.75, 3.05) is 14.2 Å². The van der Waals surface area contributed by atoms with Crippen molar-refractivity contribution in [1.29, 1.82) is 0 Å². The van der Waals surface area contributed by atoms with Gasteiger partial charge in [-0.3, -0.25) is 19.2 Å². The fraction of sp³-hybridized carbons (Fsp3) is 0.636. The summed E-state index contributed by atoms with van der Waals surface area (Å²) in [6.07, 6.45) is -0.616. The van der Waals surface area contributed by atoms with E-state index in [-0.39, 0.29) is 0 Å². The molecule has 0 aromatic heterocycles. The highest BCUT2D eigenvalue weighted by atomic mass is 16.5. The van der Waals surface area contributed by atoms with E-state index in [4.69, 9.17) is 0 Å². The van der Waals surface area contributed by atoms with Crippen LogP contribution in [0.3, 0.4) is 0 Å². The molecular weight excluding hydrogens is 228 g/mol. The number of rotatable bonds is 6. The predicted octanol–water partition coefficient (Wildman–Crippen LogP) is 0.133. The number of Topliss-reactive ketones (excluding diaryl/α,β-unsaturated/α-hetero) is 2. The Balaban J connectivity index is 4.93. The van der Waals surface area contributed by atoms with E-state index in [1.54, 1.807) is 13.8 Å². The minimum atomic E-state index is -1.54. The number of hydrogen-bond donors (Lipinski definition) is 0. The van der Waals surface area contributed by atoms with Gasteiger partial charge in [0.15, 0.2) is 17.5 Å². The van der Waals surface area contributed by atoms with Crippen LogP contribution in [0.15, 0.2) is 0 Å². The van der Waals surface area contributed by atoms with Crippen molar-refractivity contribution in [1.82, 2.24) is 0 Å². The molecule has 17 heavy (non-hydrogen) atoms. The quantitative estimate of drug-likeness (QED) is 0.487. The van der Waals surface area contributed by atoms with Crippen LogP contribution in [0.2, 0.25) is 0 Å². The largest absolute Gasteiger partial charge is 0.469 e. The molecule has 0 bridgehead atoms. The van der Waals surface area contributed by atoms with Crippen molar-refractivity contribution in [2.24, 2.45) is 11.8 Å². The van der Waals surface area contributed by atoms with Crippen LogP contribution in [0.25, 0.3) is 0 Å². The van der Waals surface area contributed by atoms with Crippen molar-refractivity contribution >= 4 is 23.5 Å². The molecule has 6 nitrogen and oxygen atoms in total. The summed E-state index contributed by atoms with van der Waals surface area (Å²) < 4.78 is 8.69. The van der Waals surface area contributed by atoms with Crippen LogP contribution in [0.4, 0.5) is 0 Å². The topological polar surface area (TPSA) is 86.7 Å². The van der Waals surface area contributed by atoms with Gasteiger partial charge in [0.05, 0.1) is 14.2 Å². The van der Waals surface area contributed by atoms with E-state index in [1.807, 2.05) is 0 Å². The molecule has 0 aliphatic heterocycles. The Morgan fingerprint density at radius 1 is 1.00 bits per heavy atom. The average molecular weight is 244 g/mol. The van der Waals surface area contributed by atoms with Crippen LogP contribution < -0.4 is 0 Å². The van der Waals surface area contributed by atoms with E-state index >= 15 is 0 Å². The minimum Gasteiger partial charge on any atom is -0.469 e. The highest BCUT2D eigenvalue weighted by Gasteiger charge is 2.36. The van der Waals surface area contributed by atoms with Gasteiger partial charge in [-0.15, -0.1) is 0 Å². The molecule has 96 valence electrons. The lowest BCUT2D eigenvalue weighted by atomic mass is 9.90. The first-order valence-corrected chi connectivity index (χ1v) is 5.06. The Labute approximate surface area is 99.3 Å². The third kappa shape index (κ3) is 4.34. The van der Waals surface area contributed by atoms with Crippen LogP contribution in [0.5, 0.6) is 0 Å². The first-order chi connectivity index (χ1) is 7.84. The van der Waals surface area contributed by atoms with E-state index in [1.165, 1.54) is 0 Å². The Bertz CT molecular complexity index is 331. The fourth-order valence-electron chi connectivity index (χ4n) is 1.17. The molecule has 0 aliphatic carbocycles. The molecule has 0 spiro atoms. The van der Waals surface area contributed by atoms with Crippen molar-refractivity contribution in [3.63, 3.8) is 0 Å².